The minimum atomic E-state index is -4.24. The Labute approximate surface area is 143 Å². The molecule has 1 saturated heterocycles. The highest BCUT2D eigenvalue weighted by Crippen LogP contribution is 2.22. The Morgan fingerprint density at radius 3 is 2.60 bits per heavy atom. The zero-order valence-electron chi connectivity index (χ0n) is 13.9. The van der Waals surface area contributed by atoms with Gasteiger partial charge < -0.3 is 9.64 Å². The van der Waals surface area contributed by atoms with Gasteiger partial charge in [-0.15, -0.1) is 0 Å². The average molecular weight is 363 g/mol. The Hall–Kier alpha value is -1.74. The Bertz CT molecular complexity index is 578. The monoisotopic (exact) mass is 363 g/mol. The van der Waals surface area contributed by atoms with Crippen LogP contribution in [0.25, 0.3) is 0 Å². The lowest BCUT2D eigenvalue weighted by Gasteiger charge is -2.34. The van der Waals surface area contributed by atoms with E-state index in [1.165, 1.54) is 4.90 Å². The fourth-order valence-electron chi connectivity index (χ4n) is 2.48. The summed E-state index contributed by atoms with van der Waals surface area (Å²) in [6.45, 7) is 2.67. The lowest BCUT2D eigenvalue weighted by atomic mass is 10.2. The molecule has 1 aliphatic rings. The standard InChI is InChI=1S/C16H21F4N3O2/c1-12-3-2-4-21-13(12)9-22-5-7-23(8-6-22)14(24)10-25-11-16(19,20)15(17)18/h2-4,15H,5-11H2,1H3. The van der Waals surface area contributed by atoms with Crippen LogP contribution in [-0.2, 0) is 16.1 Å². The molecular weight excluding hydrogens is 342 g/mol. The van der Waals surface area contributed by atoms with Gasteiger partial charge in [-0.1, -0.05) is 6.07 Å². The number of hydrogen-bond acceptors (Lipinski definition) is 4. The van der Waals surface area contributed by atoms with Crippen molar-refractivity contribution in [3.8, 4) is 0 Å². The lowest BCUT2D eigenvalue weighted by Crippen LogP contribution is -2.49. The second-order valence-corrected chi connectivity index (χ2v) is 5.98. The van der Waals surface area contributed by atoms with Crippen molar-refractivity contribution in [2.75, 3.05) is 39.4 Å². The summed E-state index contributed by atoms with van der Waals surface area (Å²) in [4.78, 5) is 19.9. The fraction of sp³-hybridized carbons (Fsp3) is 0.625. The number of carbonyl (C=O) groups is 1. The van der Waals surface area contributed by atoms with Crippen LogP contribution in [0.5, 0.6) is 0 Å². The van der Waals surface area contributed by atoms with Gasteiger partial charge in [0.15, 0.2) is 0 Å². The van der Waals surface area contributed by atoms with Crippen molar-refractivity contribution in [2.45, 2.75) is 25.8 Å². The maximum atomic E-state index is 12.7. The molecule has 0 unspecified atom stereocenters. The number of piperazine rings is 1. The zero-order valence-corrected chi connectivity index (χ0v) is 13.9. The van der Waals surface area contributed by atoms with E-state index in [4.69, 9.17) is 0 Å². The molecule has 0 radical (unpaired) electrons. The van der Waals surface area contributed by atoms with Crippen molar-refractivity contribution in [3.63, 3.8) is 0 Å². The molecule has 1 fully saturated rings. The molecule has 1 aliphatic heterocycles. The topological polar surface area (TPSA) is 45.7 Å². The highest BCUT2D eigenvalue weighted by Gasteiger charge is 2.41. The molecule has 0 atom stereocenters. The molecule has 0 spiro atoms. The van der Waals surface area contributed by atoms with Crippen LogP contribution in [0.2, 0.25) is 0 Å². The molecule has 1 aromatic rings. The number of aromatic nitrogens is 1. The molecule has 9 heteroatoms. The number of aryl methyl sites for hydroxylation is 1. The first kappa shape index (κ1) is 19.6. The molecule has 2 rings (SSSR count). The summed E-state index contributed by atoms with van der Waals surface area (Å²) < 4.78 is 53.9. The second kappa shape index (κ2) is 8.57. The predicted octanol–water partition coefficient (Wildman–Crippen LogP) is 1.95. The summed E-state index contributed by atoms with van der Waals surface area (Å²) in [5.74, 6) is -4.71. The molecule has 5 nitrogen and oxygen atoms in total. The highest BCUT2D eigenvalue weighted by molar-refractivity contribution is 5.77. The van der Waals surface area contributed by atoms with Crippen LogP contribution in [0.4, 0.5) is 17.6 Å². The summed E-state index contributed by atoms with van der Waals surface area (Å²) in [5, 5.41) is 0. The van der Waals surface area contributed by atoms with Crippen molar-refractivity contribution in [1.29, 1.82) is 0 Å². The van der Waals surface area contributed by atoms with Crippen molar-refractivity contribution in [1.82, 2.24) is 14.8 Å². The second-order valence-electron chi connectivity index (χ2n) is 5.98. The molecule has 1 amide bonds. The minimum Gasteiger partial charge on any atom is -0.365 e. The molecule has 25 heavy (non-hydrogen) atoms. The molecule has 0 bridgehead atoms. The van der Waals surface area contributed by atoms with Crippen LogP contribution in [0.3, 0.4) is 0 Å². The molecule has 0 saturated carbocycles. The normalized spacial score (nSPS) is 16.5. The van der Waals surface area contributed by atoms with E-state index in [0.717, 1.165) is 11.3 Å². The molecule has 1 aromatic heterocycles. The minimum absolute atomic E-state index is 0.430. The van der Waals surface area contributed by atoms with Gasteiger partial charge in [0.05, 0.1) is 5.69 Å². The van der Waals surface area contributed by atoms with Gasteiger partial charge in [-0.2, -0.15) is 8.78 Å². The van der Waals surface area contributed by atoms with Crippen LogP contribution in [0.15, 0.2) is 18.3 Å². The van der Waals surface area contributed by atoms with E-state index in [1.807, 2.05) is 19.1 Å². The Balaban J connectivity index is 1.72. The maximum Gasteiger partial charge on any atom is 0.330 e. The Kier molecular flexibility index (Phi) is 6.71. The fourth-order valence-corrected chi connectivity index (χ4v) is 2.48. The van der Waals surface area contributed by atoms with E-state index in [2.05, 4.69) is 14.6 Å². The number of alkyl halides is 4. The number of halogens is 4. The van der Waals surface area contributed by atoms with Crippen LogP contribution in [0, 0.1) is 6.92 Å². The number of rotatable bonds is 7. The summed E-state index contributed by atoms with van der Waals surface area (Å²) in [5.41, 5.74) is 2.06. The number of pyridine rings is 1. The quantitative estimate of drug-likeness (QED) is 0.695. The molecule has 0 aromatic carbocycles. The van der Waals surface area contributed by atoms with Crippen molar-refractivity contribution in [2.24, 2.45) is 0 Å². The smallest absolute Gasteiger partial charge is 0.330 e. The molecule has 2 heterocycles. The van der Waals surface area contributed by atoms with Crippen LogP contribution < -0.4 is 0 Å². The van der Waals surface area contributed by atoms with E-state index in [0.29, 0.717) is 32.7 Å². The molecular formula is C16H21F4N3O2. The highest BCUT2D eigenvalue weighted by atomic mass is 19.3. The molecule has 0 N–H and O–H groups in total. The first-order valence-electron chi connectivity index (χ1n) is 7.94. The van der Waals surface area contributed by atoms with Crippen molar-refractivity contribution < 1.29 is 27.1 Å². The summed E-state index contributed by atoms with van der Waals surface area (Å²) >= 11 is 0. The number of ether oxygens (including phenoxy) is 1. The van der Waals surface area contributed by atoms with Gasteiger partial charge in [0.2, 0.25) is 5.91 Å². The summed E-state index contributed by atoms with van der Waals surface area (Å²) in [6, 6.07) is 3.85. The average Bonchev–Trinajstić information content (AvgIpc) is 2.57. The first-order valence-corrected chi connectivity index (χ1v) is 7.94. The third-order valence-electron chi connectivity index (χ3n) is 4.06. The van der Waals surface area contributed by atoms with Crippen molar-refractivity contribution in [3.05, 3.63) is 29.6 Å². The number of nitrogens with zero attached hydrogens (tertiary/aromatic N) is 3. The van der Waals surface area contributed by atoms with E-state index in [1.54, 1.807) is 6.20 Å². The number of carbonyl (C=O) groups excluding carboxylic acids is 1. The lowest BCUT2D eigenvalue weighted by molar-refractivity contribution is -0.171. The van der Waals surface area contributed by atoms with Crippen LogP contribution in [-0.4, -0.2) is 72.4 Å². The third-order valence-corrected chi connectivity index (χ3v) is 4.06. The van der Waals surface area contributed by atoms with E-state index < -0.39 is 31.5 Å². The largest absolute Gasteiger partial charge is 0.365 e. The van der Waals surface area contributed by atoms with Gasteiger partial charge in [-0.25, -0.2) is 8.78 Å². The number of hydrogen-bond donors (Lipinski definition) is 0. The predicted molar refractivity (Wildman–Crippen MR) is 82.6 cm³/mol. The van der Waals surface area contributed by atoms with Gasteiger partial charge in [0, 0.05) is 38.9 Å². The van der Waals surface area contributed by atoms with Gasteiger partial charge >= 0.3 is 12.3 Å². The Morgan fingerprint density at radius 1 is 1.32 bits per heavy atom. The van der Waals surface area contributed by atoms with Gasteiger partial charge in [0.25, 0.3) is 0 Å². The van der Waals surface area contributed by atoms with Gasteiger partial charge in [-0.3, -0.25) is 14.7 Å². The zero-order chi connectivity index (χ0) is 18.4. The summed E-state index contributed by atoms with van der Waals surface area (Å²) in [7, 11) is 0. The number of amides is 1. The first-order chi connectivity index (χ1) is 11.8. The van der Waals surface area contributed by atoms with Gasteiger partial charge in [-0.05, 0) is 18.6 Å². The van der Waals surface area contributed by atoms with E-state index in [-0.39, 0.29) is 0 Å². The maximum absolute atomic E-state index is 12.7. The van der Waals surface area contributed by atoms with E-state index >= 15 is 0 Å². The van der Waals surface area contributed by atoms with E-state index in [9.17, 15) is 22.4 Å². The SMILES string of the molecule is Cc1cccnc1CN1CCN(C(=O)COCC(F)(F)C(F)F)CC1. The Morgan fingerprint density at radius 2 is 2.00 bits per heavy atom. The third kappa shape index (κ3) is 5.64. The van der Waals surface area contributed by atoms with Crippen LogP contribution >= 0.6 is 0 Å². The van der Waals surface area contributed by atoms with Gasteiger partial charge in [0.1, 0.15) is 13.2 Å². The summed E-state index contributed by atoms with van der Waals surface area (Å²) in [6.07, 6.45) is -2.07. The molecule has 140 valence electrons. The molecule has 0 aliphatic carbocycles. The van der Waals surface area contributed by atoms with Crippen LogP contribution in [0.1, 0.15) is 11.3 Å². The van der Waals surface area contributed by atoms with Crippen molar-refractivity contribution >= 4 is 5.91 Å².